The van der Waals surface area contributed by atoms with Crippen molar-refractivity contribution in [3.05, 3.63) is 52.2 Å². The lowest BCUT2D eigenvalue weighted by atomic mass is 10.1. The highest BCUT2D eigenvalue weighted by molar-refractivity contribution is 7.90. The first kappa shape index (κ1) is 20.0. The first-order valence-electron chi connectivity index (χ1n) is 8.76. The second-order valence-electron chi connectivity index (χ2n) is 6.16. The van der Waals surface area contributed by atoms with Crippen molar-refractivity contribution in [1.82, 2.24) is 15.6 Å². The Labute approximate surface area is 167 Å². The van der Waals surface area contributed by atoms with Gasteiger partial charge in [0.2, 0.25) is 0 Å². The molecule has 1 atom stereocenters. The lowest BCUT2D eigenvalue weighted by Crippen LogP contribution is -2.46. The Hall–Kier alpha value is -2.72. The Morgan fingerprint density at radius 1 is 1.18 bits per heavy atom. The smallest absolute Gasteiger partial charge is 0.271 e. The number of amides is 2. The van der Waals surface area contributed by atoms with Crippen molar-refractivity contribution in [2.45, 2.75) is 37.1 Å². The molecule has 28 heavy (non-hydrogen) atoms. The van der Waals surface area contributed by atoms with Crippen molar-refractivity contribution in [3.63, 3.8) is 0 Å². The maximum absolute atomic E-state index is 12.6. The van der Waals surface area contributed by atoms with Crippen molar-refractivity contribution in [1.29, 1.82) is 0 Å². The molecule has 0 saturated heterocycles. The second-order valence-corrected chi connectivity index (χ2v) is 8.76. The molecule has 0 saturated carbocycles. The summed E-state index contributed by atoms with van der Waals surface area (Å²) in [7, 11) is -3.68. The lowest BCUT2D eigenvalue weighted by Gasteiger charge is -2.14. The minimum Gasteiger partial charge on any atom is -0.271 e. The van der Waals surface area contributed by atoms with Crippen LogP contribution in [0.15, 0.2) is 51.7 Å². The number of carbonyl (C=O) groups is 2. The predicted octanol–water partition coefficient (Wildman–Crippen LogP) is 1.81. The molecule has 3 N–H and O–H groups in total. The van der Waals surface area contributed by atoms with Gasteiger partial charge in [0.25, 0.3) is 21.8 Å². The molecule has 3 rings (SSSR count). The van der Waals surface area contributed by atoms with Gasteiger partial charge in [-0.2, -0.15) is 0 Å². The number of fused-ring (bicyclic) bond motifs is 1. The monoisotopic (exact) mass is 420 g/mol. The molecular formula is C18H20N4O4S2. The summed E-state index contributed by atoms with van der Waals surface area (Å²) < 4.78 is 26.9. The molecule has 2 aromatic rings. The van der Waals surface area contributed by atoms with E-state index >= 15 is 0 Å². The molecule has 8 nitrogen and oxygen atoms in total. The molecule has 0 spiro atoms. The number of amidine groups is 1. The van der Waals surface area contributed by atoms with Crippen molar-refractivity contribution in [2.75, 3.05) is 0 Å². The van der Waals surface area contributed by atoms with Crippen LogP contribution in [0, 0.1) is 0 Å². The van der Waals surface area contributed by atoms with E-state index in [-0.39, 0.29) is 10.7 Å². The van der Waals surface area contributed by atoms with Crippen LogP contribution in [0.1, 0.15) is 41.4 Å². The molecule has 0 aliphatic carbocycles. The highest BCUT2D eigenvalue weighted by Gasteiger charge is 2.31. The van der Waals surface area contributed by atoms with Gasteiger partial charge in [-0.3, -0.25) is 30.2 Å². The Morgan fingerprint density at radius 2 is 1.96 bits per heavy atom. The molecule has 0 bridgehead atoms. The van der Waals surface area contributed by atoms with E-state index in [1.807, 2.05) is 6.92 Å². The average molecular weight is 421 g/mol. The molecule has 148 valence electrons. The van der Waals surface area contributed by atoms with E-state index < -0.39 is 27.9 Å². The molecule has 1 unspecified atom stereocenters. The van der Waals surface area contributed by atoms with Crippen LogP contribution in [0.5, 0.6) is 0 Å². The third-order valence-corrected chi connectivity index (χ3v) is 6.39. The number of hydrogen-bond donors (Lipinski definition) is 3. The number of hydrazine groups is 1. The fourth-order valence-electron chi connectivity index (χ4n) is 2.71. The maximum Gasteiger partial charge on any atom is 0.279 e. The highest BCUT2D eigenvalue weighted by Crippen LogP contribution is 2.23. The largest absolute Gasteiger partial charge is 0.279 e. The van der Waals surface area contributed by atoms with Crippen LogP contribution in [0.2, 0.25) is 0 Å². The summed E-state index contributed by atoms with van der Waals surface area (Å²) in [6.45, 7) is 1.98. The van der Waals surface area contributed by atoms with Gasteiger partial charge in [0.05, 0.1) is 9.77 Å². The Balaban J connectivity index is 1.78. The van der Waals surface area contributed by atoms with Crippen molar-refractivity contribution < 1.29 is 18.0 Å². The van der Waals surface area contributed by atoms with Crippen LogP contribution in [-0.2, 0) is 14.8 Å². The number of hydrogen-bond acceptors (Lipinski definition) is 6. The fourth-order valence-corrected chi connectivity index (χ4v) is 4.57. The molecule has 1 aliphatic heterocycles. The fraction of sp³-hybridized carbons (Fsp3) is 0.278. The van der Waals surface area contributed by atoms with E-state index in [1.165, 1.54) is 17.4 Å². The number of aliphatic imine (C=N–C) groups is 1. The van der Waals surface area contributed by atoms with Crippen LogP contribution in [0.3, 0.4) is 0 Å². The third kappa shape index (κ3) is 4.39. The second kappa shape index (κ2) is 8.53. The van der Waals surface area contributed by atoms with Crippen molar-refractivity contribution in [2.24, 2.45) is 4.99 Å². The van der Waals surface area contributed by atoms with E-state index in [1.54, 1.807) is 35.7 Å². The highest BCUT2D eigenvalue weighted by atomic mass is 32.2. The van der Waals surface area contributed by atoms with E-state index in [2.05, 4.69) is 20.6 Å². The van der Waals surface area contributed by atoms with Gasteiger partial charge in [-0.25, -0.2) is 8.42 Å². The normalized spacial score (nSPS) is 16.8. The van der Waals surface area contributed by atoms with Crippen LogP contribution in [0.4, 0.5) is 0 Å². The number of rotatable bonds is 6. The summed E-state index contributed by atoms with van der Waals surface area (Å²) in [5.74, 6) is -0.789. The minimum absolute atomic E-state index is 0.134. The van der Waals surface area contributed by atoms with E-state index in [0.29, 0.717) is 16.9 Å². The predicted molar refractivity (Wildman–Crippen MR) is 107 cm³/mol. The molecule has 2 amide bonds. The Kier molecular flexibility index (Phi) is 6.10. The van der Waals surface area contributed by atoms with Crippen molar-refractivity contribution >= 4 is 39.0 Å². The molecule has 1 aliphatic rings. The van der Waals surface area contributed by atoms with E-state index in [0.717, 1.165) is 12.8 Å². The maximum atomic E-state index is 12.6. The Bertz CT molecular complexity index is 1000. The molecule has 2 heterocycles. The number of sulfonamides is 1. The first-order chi connectivity index (χ1) is 13.4. The standard InChI is InChI=1S/C18H20N4O4S2/c1-2-3-8-13(17(23)20-21-18(24)14-9-6-11-27-14)19-16-12-7-4-5-10-15(12)28(25,26)22-16/h4-7,9-11,13H,2-3,8H2,1H3,(H,19,22)(H,20,23)(H,21,24). The number of unbranched alkanes of at least 4 members (excludes halogenated alkanes) is 1. The van der Waals surface area contributed by atoms with E-state index in [9.17, 15) is 18.0 Å². The number of carbonyl (C=O) groups excluding carboxylic acids is 2. The quantitative estimate of drug-likeness (QED) is 0.618. The number of thiophene rings is 1. The van der Waals surface area contributed by atoms with Gasteiger partial charge < -0.3 is 0 Å². The average Bonchev–Trinajstić information content (AvgIpc) is 3.30. The van der Waals surface area contributed by atoms with Crippen molar-refractivity contribution in [3.8, 4) is 0 Å². The zero-order chi connectivity index (χ0) is 20.1. The Morgan fingerprint density at radius 3 is 2.68 bits per heavy atom. The van der Waals surface area contributed by atoms with Crippen LogP contribution < -0.4 is 15.6 Å². The summed E-state index contributed by atoms with van der Waals surface area (Å²) in [6.07, 6.45) is 1.99. The topological polar surface area (TPSA) is 117 Å². The van der Waals surface area contributed by atoms with Crippen LogP contribution in [-0.4, -0.2) is 32.1 Å². The third-order valence-electron chi connectivity index (χ3n) is 4.13. The molecule has 1 aromatic carbocycles. The van der Waals surface area contributed by atoms with Gasteiger partial charge in [0.1, 0.15) is 11.9 Å². The molecular weight excluding hydrogens is 400 g/mol. The number of benzene rings is 1. The van der Waals surface area contributed by atoms with E-state index in [4.69, 9.17) is 0 Å². The number of nitrogens with zero attached hydrogens (tertiary/aromatic N) is 1. The summed E-state index contributed by atoms with van der Waals surface area (Å²) in [6, 6.07) is 9.00. The zero-order valence-corrected chi connectivity index (χ0v) is 16.8. The molecule has 1 aromatic heterocycles. The van der Waals surface area contributed by atoms with Gasteiger partial charge in [0, 0.05) is 5.56 Å². The summed E-state index contributed by atoms with van der Waals surface area (Å²) in [4.78, 5) is 29.5. The summed E-state index contributed by atoms with van der Waals surface area (Å²) in [5, 5.41) is 1.76. The summed E-state index contributed by atoms with van der Waals surface area (Å²) >= 11 is 1.26. The van der Waals surface area contributed by atoms with Gasteiger partial charge >= 0.3 is 0 Å². The lowest BCUT2D eigenvalue weighted by molar-refractivity contribution is -0.123. The van der Waals surface area contributed by atoms with Gasteiger partial charge in [-0.05, 0) is 30.0 Å². The molecule has 0 fully saturated rings. The molecule has 0 radical (unpaired) electrons. The van der Waals surface area contributed by atoms with Gasteiger partial charge in [-0.1, -0.05) is 38.0 Å². The van der Waals surface area contributed by atoms with Crippen LogP contribution in [0.25, 0.3) is 0 Å². The minimum atomic E-state index is -3.68. The number of nitrogens with one attached hydrogen (secondary N) is 3. The van der Waals surface area contributed by atoms with Crippen LogP contribution >= 0.6 is 11.3 Å². The van der Waals surface area contributed by atoms with Gasteiger partial charge in [0.15, 0.2) is 0 Å². The molecule has 10 heteroatoms. The first-order valence-corrected chi connectivity index (χ1v) is 11.1. The zero-order valence-electron chi connectivity index (χ0n) is 15.1. The summed E-state index contributed by atoms with van der Waals surface area (Å²) in [5.41, 5.74) is 5.18. The SMILES string of the molecule is CCCCC(N=C1NS(=O)(=O)c2ccccc21)C(=O)NNC(=O)c1cccs1. The van der Waals surface area contributed by atoms with Gasteiger partial charge in [-0.15, -0.1) is 11.3 Å².